The Kier molecular flexibility index (Phi) is 4.10. The quantitative estimate of drug-likeness (QED) is 0.897. The monoisotopic (exact) mass is 331 g/mol. The summed E-state index contributed by atoms with van der Waals surface area (Å²) in [6.45, 7) is 2.91. The van der Waals surface area contributed by atoms with Gasteiger partial charge in [0.15, 0.2) is 0 Å². The molecule has 1 atom stereocenters. The van der Waals surface area contributed by atoms with E-state index in [0.29, 0.717) is 0 Å². The first-order chi connectivity index (χ1) is 12.3. The molecule has 1 aromatic heterocycles. The van der Waals surface area contributed by atoms with Crippen LogP contribution in [0.15, 0.2) is 71.7 Å². The number of carbonyl (C=O) groups is 1. The van der Waals surface area contributed by atoms with Crippen molar-refractivity contribution in [2.24, 2.45) is 5.92 Å². The van der Waals surface area contributed by atoms with Crippen molar-refractivity contribution < 1.29 is 4.79 Å². The van der Waals surface area contributed by atoms with Crippen molar-refractivity contribution in [2.75, 3.05) is 11.9 Å². The van der Waals surface area contributed by atoms with Crippen molar-refractivity contribution in [3.8, 4) is 0 Å². The van der Waals surface area contributed by atoms with E-state index < -0.39 is 0 Å². The summed E-state index contributed by atoms with van der Waals surface area (Å²) in [5.74, 6) is 0.303. The Balaban J connectivity index is 1.89. The van der Waals surface area contributed by atoms with Gasteiger partial charge in [-0.15, -0.1) is 0 Å². The molecule has 0 bridgehead atoms. The summed E-state index contributed by atoms with van der Waals surface area (Å²) in [6, 6.07) is 14.1. The molecule has 2 aromatic rings. The fourth-order valence-corrected chi connectivity index (χ4v) is 3.90. The van der Waals surface area contributed by atoms with Crippen molar-refractivity contribution in [2.45, 2.75) is 19.8 Å². The van der Waals surface area contributed by atoms with E-state index in [2.05, 4.69) is 22.5 Å². The maximum absolute atomic E-state index is 12.7. The largest absolute Gasteiger partial charge is 0.355 e. The highest BCUT2D eigenvalue weighted by Gasteiger charge is 2.38. The third-order valence-corrected chi connectivity index (χ3v) is 4.96. The lowest BCUT2D eigenvalue weighted by molar-refractivity contribution is -0.117. The van der Waals surface area contributed by atoms with Gasteiger partial charge >= 0.3 is 0 Å². The van der Waals surface area contributed by atoms with Crippen LogP contribution < -0.4 is 10.6 Å². The summed E-state index contributed by atoms with van der Waals surface area (Å²) in [5, 5.41) is 6.53. The molecule has 0 fully saturated rings. The number of nitrogens with one attached hydrogen (secondary N) is 2. The Bertz CT molecular complexity index is 853. The van der Waals surface area contributed by atoms with Crippen molar-refractivity contribution in [1.82, 2.24) is 10.3 Å². The number of allylic oxidation sites excluding steroid dienone is 1. The second-order valence-electron chi connectivity index (χ2n) is 6.38. The third kappa shape index (κ3) is 2.74. The molecule has 1 aliphatic heterocycles. The molecule has 1 amide bonds. The Morgan fingerprint density at radius 3 is 2.64 bits per heavy atom. The summed E-state index contributed by atoms with van der Waals surface area (Å²) in [5.41, 5.74) is 6.35. The van der Waals surface area contributed by atoms with Crippen LogP contribution >= 0.6 is 0 Å². The molecule has 0 spiro atoms. The standard InChI is InChI=1S/C21H21N3O/c1-2-16-17-10-13-23-21(25)19(17)20(24-15-6-4-3-5-7-15)18(16)14-8-11-22-12-9-14/h3-9,11-12,16,24H,2,10,13H2,1H3,(H,23,25). The molecule has 1 unspecified atom stereocenters. The molecular formula is C21H21N3O. The zero-order valence-corrected chi connectivity index (χ0v) is 14.3. The minimum atomic E-state index is 0.0298. The van der Waals surface area contributed by atoms with Gasteiger partial charge in [-0.05, 0) is 53.8 Å². The van der Waals surface area contributed by atoms with E-state index in [1.165, 1.54) is 11.1 Å². The van der Waals surface area contributed by atoms with Crippen LogP contribution in [0.25, 0.3) is 5.57 Å². The predicted molar refractivity (Wildman–Crippen MR) is 99.7 cm³/mol. The lowest BCUT2D eigenvalue weighted by atomic mass is 9.86. The maximum Gasteiger partial charge on any atom is 0.253 e. The molecule has 1 aromatic carbocycles. The molecule has 4 heteroatoms. The number of aromatic nitrogens is 1. The van der Waals surface area contributed by atoms with Crippen molar-refractivity contribution in [1.29, 1.82) is 0 Å². The molecule has 2 aliphatic rings. The Morgan fingerprint density at radius 1 is 1.16 bits per heavy atom. The second-order valence-corrected chi connectivity index (χ2v) is 6.38. The van der Waals surface area contributed by atoms with Gasteiger partial charge in [0, 0.05) is 30.5 Å². The first kappa shape index (κ1) is 15.6. The van der Waals surface area contributed by atoms with Gasteiger partial charge in [-0.3, -0.25) is 9.78 Å². The summed E-state index contributed by atoms with van der Waals surface area (Å²) in [6.07, 6.45) is 5.51. The molecular weight excluding hydrogens is 310 g/mol. The van der Waals surface area contributed by atoms with E-state index in [1.807, 2.05) is 54.9 Å². The number of rotatable bonds is 4. The van der Waals surface area contributed by atoms with Crippen LogP contribution in [0.2, 0.25) is 0 Å². The number of hydrogen-bond acceptors (Lipinski definition) is 3. The molecule has 2 N–H and O–H groups in total. The zero-order chi connectivity index (χ0) is 17.2. The predicted octanol–water partition coefficient (Wildman–Crippen LogP) is 3.76. The lowest BCUT2D eigenvalue weighted by Gasteiger charge is -2.21. The highest BCUT2D eigenvalue weighted by molar-refractivity contribution is 6.06. The summed E-state index contributed by atoms with van der Waals surface area (Å²) < 4.78 is 0. The van der Waals surface area contributed by atoms with Crippen LogP contribution in [0, 0.1) is 5.92 Å². The van der Waals surface area contributed by atoms with Gasteiger partial charge in [0.05, 0.1) is 11.3 Å². The first-order valence-corrected chi connectivity index (χ1v) is 8.78. The highest BCUT2D eigenvalue weighted by atomic mass is 16.1. The van der Waals surface area contributed by atoms with E-state index in [-0.39, 0.29) is 11.8 Å². The fraction of sp³-hybridized carbons (Fsp3) is 0.238. The SMILES string of the molecule is CCC1C2=C(C(=O)NCC2)C(Nc2ccccc2)=C1c1ccncc1. The molecule has 1 aliphatic carbocycles. The molecule has 4 rings (SSSR count). The minimum absolute atomic E-state index is 0.0298. The van der Waals surface area contributed by atoms with Crippen molar-refractivity contribution in [3.63, 3.8) is 0 Å². The molecule has 0 saturated heterocycles. The third-order valence-electron chi connectivity index (χ3n) is 4.96. The van der Waals surface area contributed by atoms with Crippen LogP contribution in [0.1, 0.15) is 25.3 Å². The number of hydrogen-bond donors (Lipinski definition) is 2. The van der Waals surface area contributed by atoms with Crippen LogP contribution in [0.3, 0.4) is 0 Å². The Labute approximate surface area is 147 Å². The second kappa shape index (κ2) is 6.55. The number of para-hydroxylation sites is 1. The molecule has 0 radical (unpaired) electrons. The van der Waals surface area contributed by atoms with Gasteiger partial charge in [0.25, 0.3) is 5.91 Å². The first-order valence-electron chi connectivity index (χ1n) is 8.78. The smallest absolute Gasteiger partial charge is 0.253 e. The highest BCUT2D eigenvalue weighted by Crippen LogP contribution is 2.46. The van der Waals surface area contributed by atoms with Gasteiger partial charge in [-0.25, -0.2) is 0 Å². The molecule has 4 nitrogen and oxygen atoms in total. The number of pyridine rings is 1. The van der Waals surface area contributed by atoms with E-state index in [4.69, 9.17) is 0 Å². The summed E-state index contributed by atoms with van der Waals surface area (Å²) >= 11 is 0. The average Bonchev–Trinajstić information content (AvgIpc) is 2.98. The molecule has 126 valence electrons. The molecule has 0 saturated carbocycles. The zero-order valence-electron chi connectivity index (χ0n) is 14.3. The van der Waals surface area contributed by atoms with Crippen LogP contribution in [-0.2, 0) is 4.79 Å². The average molecular weight is 331 g/mol. The summed E-state index contributed by atoms with van der Waals surface area (Å²) in [4.78, 5) is 16.8. The molecule has 2 heterocycles. The normalized spacial score (nSPS) is 19.7. The van der Waals surface area contributed by atoms with Crippen molar-refractivity contribution in [3.05, 3.63) is 77.3 Å². The van der Waals surface area contributed by atoms with E-state index >= 15 is 0 Å². The number of anilines is 1. The van der Waals surface area contributed by atoms with Crippen LogP contribution in [-0.4, -0.2) is 17.4 Å². The number of benzene rings is 1. The van der Waals surface area contributed by atoms with E-state index in [1.54, 1.807) is 0 Å². The van der Waals surface area contributed by atoms with Gasteiger partial charge in [-0.1, -0.05) is 25.1 Å². The maximum atomic E-state index is 12.7. The Morgan fingerprint density at radius 2 is 1.92 bits per heavy atom. The van der Waals surface area contributed by atoms with Crippen molar-refractivity contribution >= 4 is 17.2 Å². The van der Waals surface area contributed by atoms with Crippen LogP contribution in [0.4, 0.5) is 5.69 Å². The van der Waals surface area contributed by atoms with Gasteiger partial charge in [0.1, 0.15) is 0 Å². The number of nitrogens with zero attached hydrogens (tertiary/aromatic N) is 1. The van der Waals surface area contributed by atoms with Gasteiger partial charge in [-0.2, -0.15) is 0 Å². The minimum Gasteiger partial charge on any atom is -0.355 e. The lowest BCUT2D eigenvalue weighted by Crippen LogP contribution is -2.32. The van der Waals surface area contributed by atoms with Gasteiger partial charge < -0.3 is 10.6 Å². The fourth-order valence-electron chi connectivity index (χ4n) is 3.90. The number of carbonyl (C=O) groups excluding carboxylic acids is 1. The Hall–Kier alpha value is -2.88. The van der Waals surface area contributed by atoms with E-state index in [9.17, 15) is 4.79 Å². The molecule has 25 heavy (non-hydrogen) atoms. The summed E-state index contributed by atoms with van der Waals surface area (Å²) in [7, 11) is 0. The van der Waals surface area contributed by atoms with E-state index in [0.717, 1.165) is 41.9 Å². The number of amides is 1. The van der Waals surface area contributed by atoms with Crippen LogP contribution in [0.5, 0.6) is 0 Å². The topological polar surface area (TPSA) is 54.0 Å². The van der Waals surface area contributed by atoms with Gasteiger partial charge in [0.2, 0.25) is 0 Å².